The molecule has 1 aromatic carbocycles. The van der Waals surface area contributed by atoms with Crippen molar-refractivity contribution in [3.63, 3.8) is 0 Å². The van der Waals surface area contributed by atoms with Crippen molar-refractivity contribution in [3.8, 4) is 0 Å². The molecule has 0 aliphatic heterocycles. The molecule has 1 aliphatic carbocycles. The van der Waals surface area contributed by atoms with Crippen molar-refractivity contribution in [2.75, 3.05) is 0 Å². The van der Waals surface area contributed by atoms with Gasteiger partial charge in [0.2, 0.25) is 0 Å². The van der Waals surface area contributed by atoms with Crippen molar-refractivity contribution in [1.82, 2.24) is 0 Å². The lowest BCUT2D eigenvalue weighted by Crippen LogP contribution is -2.08. The molecule has 0 heterocycles. The maximum atomic E-state index is 10.1. The van der Waals surface area contributed by atoms with E-state index in [9.17, 15) is 5.11 Å². The highest BCUT2D eigenvalue weighted by Gasteiger charge is 2.23. The average molecular weight is 302 g/mol. The van der Waals surface area contributed by atoms with Crippen molar-refractivity contribution < 1.29 is 5.11 Å². The molecule has 76 valence electrons. The largest absolute Gasteiger partial charge is 0.388 e. The van der Waals surface area contributed by atoms with Crippen LogP contribution in [-0.4, -0.2) is 5.11 Å². The van der Waals surface area contributed by atoms with Gasteiger partial charge in [-0.05, 0) is 59.0 Å². The molecule has 1 nitrogen and oxygen atoms in total. The van der Waals surface area contributed by atoms with E-state index in [1.54, 1.807) is 0 Å². The fraction of sp³-hybridized carbons (Fsp3) is 0.500. The van der Waals surface area contributed by atoms with Crippen molar-refractivity contribution in [1.29, 1.82) is 0 Å². The Bertz CT molecular complexity index is 288. The van der Waals surface area contributed by atoms with Crippen LogP contribution in [0, 0.1) is 9.49 Å². The summed E-state index contributed by atoms with van der Waals surface area (Å²) in [4.78, 5) is 0. The highest BCUT2D eigenvalue weighted by Crippen LogP contribution is 2.35. The zero-order valence-electron chi connectivity index (χ0n) is 8.12. The molecule has 0 saturated heterocycles. The molecule has 1 unspecified atom stereocenters. The molecule has 0 radical (unpaired) electrons. The van der Waals surface area contributed by atoms with Crippen molar-refractivity contribution in [3.05, 3.63) is 33.4 Å². The monoisotopic (exact) mass is 302 g/mol. The first-order chi connectivity index (χ1) is 6.77. The van der Waals surface area contributed by atoms with Gasteiger partial charge in [-0.1, -0.05) is 25.0 Å². The third-order valence-corrected chi connectivity index (χ3v) is 3.78. The van der Waals surface area contributed by atoms with Crippen LogP contribution >= 0.6 is 22.6 Å². The third kappa shape index (κ3) is 2.28. The first kappa shape index (κ1) is 10.4. The zero-order valence-corrected chi connectivity index (χ0v) is 10.3. The van der Waals surface area contributed by atoms with Crippen LogP contribution < -0.4 is 0 Å². The molecule has 1 fully saturated rings. The lowest BCUT2D eigenvalue weighted by Gasteiger charge is -2.17. The van der Waals surface area contributed by atoms with Gasteiger partial charge in [0.25, 0.3) is 0 Å². The van der Waals surface area contributed by atoms with Crippen molar-refractivity contribution in [2.45, 2.75) is 31.8 Å². The summed E-state index contributed by atoms with van der Waals surface area (Å²) < 4.78 is 1.23. The second kappa shape index (κ2) is 4.62. The third-order valence-electron chi connectivity index (χ3n) is 3.06. The maximum absolute atomic E-state index is 10.1. The second-order valence-electron chi connectivity index (χ2n) is 4.04. The first-order valence-electron chi connectivity index (χ1n) is 5.21. The van der Waals surface area contributed by atoms with Gasteiger partial charge in [0.1, 0.15) is 0 Å². The van der Waals surface area contributed by atoms with Crippen LogP contribution in [-0.2, 0) is 0 Å². The predicted octanol–water partition coefficient (Wildman–Crippen LogP) is 3.51. The molecule has 0 aromatic heterocycles. The van der Waals surface area contributed by atoms with Gasteiger partial charge in [0.15, 0.2) is 0 Å². The Balaban J connectivity index is 2.09. The molecule has 0 spiro atoms. The Morgan fingerprint density at radius 2 is 1.71 bits per heavy atom. The predicted molar refractivity (Wildman–Crippen MR) is 66.1 cm³/mol. The number of hydrogen-bond acceptors (Lipinski definition) is 1. The summed E-state index contributed by atoms with van der Waals surface area (Å²) in [6.07, 6.45) is 4.70. The number of rotatable bonds is 2. The van der Waals surface area contributed by atoms with Crippen LogP contribution in [0.1, 0.15) is 37.4 Å². The average Bonchev–Trinajstić information content (AvgIpc) is 2.71. The molecule has 0 amide bonds. The van der Waals surface area contributed by atoms with Gasteiger partial charge in [-0.2, -0.15) is 0 Å². The molecule has 1 saturated carbocycles. The summed E-state index contributed by atoms with van der Waals surface area (Å²) in [6, 6.07) is 8.22. The Kier molecular flexibility index (Phi) is 3.44. The van der Waals surface area contributed by atoms with E-state index < -0.39 is 0 Å². The number of aliphatic hydroxyl groups excluding tert-OH is 1. The van der Waals surface area contributed by atoms with Gasteiger partial charge in [-0.3, -0.25) is 0 Å². The van der Waals surface area contributed by atoms with Gasteiger partial charge in [0.05, 0.1) is 6.10 Å². The van der Waals surface area contributed by atoms with Gasteiger partial charge < -0.3 is 5.11 Å². The smallest absolute Gasteiger partial charge is 0.0818 e. The highest BCUT2D eigenvalue weighted by atomic mass is 127. The van der Waals surface area contributed by atoms with Crippen LogP contribution in [0.4, 0.5) is 0 Å². The summed E-state index contributed by atoms with van der Waals surface area (Å²) >= 11 is 2.29. The van der Waals surface area contributed by atoms with Gasteiger partial charge >= 0.3 is 0 Å². The molecule has 0 bridgehead atoms. The van der Waals surface area contributed by atoms with Crippen LogP contribution in [0.25, 0.3) is 0 Å². The van der Waals surface area contributed by atoms with E-state index in [4.69, 9.17) is 0 Å². The van der Waals surface area contributed by atoms with Gasteiger partial charge in [0, 0.05) is 3.57 Å². The fourth-order valence-electron chi connectivity index (χ4n) is 2.21. The second-order valence-corrected chi connectivity index (χ2v) is 5.29. The lowest BCUT2D eigenvalue weighted by molar-refractivity contribution is 0.111. The quantitative estimate of drug-likeness (QED) is 0.829. The molecule has 1 N–H and O–H groups in total. The minimum absolute atomic E-state index is 0.241. The van der Waals surface area contributed by atoms with E-state index in [2.05, 4.69) is 34.7 Å². The van der Waals surface area contributed by atoms with E-state index in [0.717, 1.165) is 5.56 Å². The summed E-state index contributed by atoms with van der Waals surface area (Å²) in [5.74, 6) is 0.495. The number of benzene rings is 1. The highest BCUT2D eigenvalue weighted by molar-refractivity contribution is 14.1. The summed E-state index contributed by atoms with van der Waals surface area (Å²) in [5.41, 5.74) is 1.08. The van der Waals surface area contributed by atoms with E-state index >= 15 is 0 Å². The van der Waals surface area contributed by atoms with E-state index in [1.807, 2.05) is 12.1 Å². The van der Waals surface area contributed by atoms with Crippen LogP contribution in [0.3, 0.4) is 0 Å². The Morgan fingerprint density at radius 1 is 1.14 bits per heavy atom. The molecule has 14 heavy (non-hydrogen) atoms. The van der Waals surface area contributed by atoms with Gasteiger partial charge in [-0.15, -0.1) is 0 Å². The van der Waals surface area contributed by atoms with Crippen LogP contribution in [0.5, 0.6) is 0 Å². The van der Waals surface area contributed by atoms with Crippen molar-refractivity contribution in [2.24, 2.45) is 5.92 Å². The maximum Gasteiger partial charge on any atom is 0.0818 e. The minimum atomic E-state index is -0.241. The summed E-state index contributed by atoms with van der Waals surface area (Å²) in [5, 5.41) is 10.1. The molecule has 1 atom stereocenters. The number of halogens is 1. The lowest BCUT2D eigenvalue weighted by atomic mass is 9.95. The molecular weight excluding hydrogens is 287 g/mol. The standard InChI is InChI=1S/C12H15IO/c13-11-7-5-10(6-8-11)12(14)9-3-1-2-4-9/h5-9,12,14H,1-4H2. The SMILES string of the molecule is OC(c1ccc(I)cc1)C1CCCC1. The van der Waals surface area contributed by atoms with Crippen LogP contribution in [0.2, 0.25) is 0 Å². The summed E-state index contributed by atoms with van der Waals surface area (Å²) in [7, 11) is 0. The Morgan fingerprint density at radius 3 is 2.29 bits per heavy atom. The van der Waals surface area contributed by atoms with Gasteiger partial charge in [-0.25, -0.2) is 0 Å². The molecular formula is C12H15IO. The first-order valence-corrected chi connectivity index (χ1v) is 6.29. The Hall–Kier alpha value is -0.0900. The van der Waals surface area contributed by atoms with Crippen LogP contribution in [0.15, 0.2) is 24.3 Å². The fourth-order valence-corrected chi connectivity index (χ4v) is 2.56. The van der Waals surface area contributed by atoms with E-state index in [-0.39, 0.29) is 6.10 Å². The zero-order chi connectivity index (χ0) is 9.97. The molecule has 2 rings (SSSR count). The van der Waals surface area contributed by atoms with E-state index in [1.165, 1.54) is 29.3 Å². The normalized spacial score (nSPS) is 19.9. The number of hydrogen-bond donors (Lipinski definition) is 1. The van der Waals surface area contributed by atoms with Crippen molar-refractivity contribution >= 4 is 22.6 Å². The molecule has 2 heteroatoms. The van der Waals surface area contributed by atoms with E-state index in [0.29, 0.717) is 5.92 Å². The Labute approximate surface area is 98.7 Å². The topological polar surface area (TPSA) is 20.2 Å². The summed E-state index contributed by atoms with van der Waals surface area (Å²) in [6.45, 7) is 0. The molecule has 1 aromatic rings. The molecule has 1 aliphatic rings. The minimum Gasteiger partial charge on any atom is -0.388 e. The number of aliphatic hydroxyl groups is 1.